The van der Waals surface area contributed by atoms with Gasteiger partial charge in [-0.3, -0.25) is 4.57 Å². The minimum atomic E-state index is -0.747. The highest BCUT2D eigenvalue weighted by Crippen LogP contribution is 2.36. The summed E-state index contributed by atoms with van der Waals surface area (Å²) in [6.07, 6.45) is 3.62. The van der Waals surface area contributed by atoms with Crippen LogP contribution in [0.4, 0.5) is 4.79 Å². The number of aromatic nitrogens is 3. The quantitative estimate of drug-likeness (QED) is 0.580. The van der Waals surface area contributed by atoms with Gasteiger partial charge in [0.2, 0.25) is 0 Å². The molecule has 32 heavy (non-hydrogen) atoms. The Morgan fingerprint density at radius 2 is 1.91 bits per heavy atom. The predicted octanol–water partition coefficient (Wildman–Crippen LogP) is 5.17. The number of carbonyl (C=O) groups excluding carboxylic acids is 1. The Morgan fingerprint density at radius 1 is 1.16 bits per heavy atom. The van der Waals surface area contributed by atoms with Crippen molar-refractivity contribution in [1.29, 1.82) is 0 Å². The lowest BCUT2D eigenvalue weighted by atomic mass is 9.86. The molecule has 0 bridgehead atoms. The fourth-order valence-corrected chi connectivity index (χ4v) is 4.62. The van der Waals surface area contributed by atoms with Crippen molar-refractivity contribution in [2.24, 2.45) is 0 Å². The van der Waals surface area contributed by atoms with Gasteiger partial charge in [-0.15, -0.1) is 15.3 Å². The molecule has 4 rings (SSSR count). The zero-order valence-corrected chi connectivity index (χ0v) is 19.9. The van der Waals surface area contributed by atoms with Crippen LogP contribution in [0.15, 0.2) is 18.2 Å². The molecule has 1 aliphatic carbocycles. The molecule has 9 heteroatoms. The Kier molecular flexibility index (Phi) is 6.74. The van der Waals surface area contributed by atoms with Gasteiger partial charge < -0.3 is 14.3 Å². The second kappa shape index (κ2) is 9.37. The van der Waals surface area contributed by atoms with Crippen molar-refractivity contribution < 1.29 is 19.1 Å². The van der Waals surface area contributed by atoms with Crippen LogP contribution in [-0.4, -0.2) is 44.3 Å². The van der Waals surface area contributed by atoms with E-state index < -0.39 is 11.8 Å². The Hall–Kier alpha value is -2.16. The van der Waals surface area contributed by atoms with Crippen LogP contribution >= 0.6 is 11.6 Å². The highest BCUT2D eigenvalue weighted by molar-refractivity contribution is 6.30. The van der Waals surface area contributed by atoms with Crippen LogP contribution in [0.25, 0.3) is 5.69 Å². The van der Waals surface area contributed by atoms with Gasteiger partial charge in [-0.2, -0.15) is 0 Å². The van der Waals surface area contributed by atoms with Crippen LogP contribution in [0.5, 0.6) is 0 Å². The molecule has 2 aliphatic rings. The van der Waals surface area contributed by atoms with Gasteiger partial charge in [-0.1, -0.05) is 11.6 Å². The highest BCUT2D eigenvalue weighted by atomic mass is 35.5. The number of hydroxylamine groups is 2. The summed E-state index contributed by atoms with van der Waals surface area (Å²) < 4.78 is 13.2. The van der Waals surface area contributed by atoms with Gasteiger partial charge in [0.25, 0.3) is 0 Å². The molecule has 0 amide bonds. The number of hydrogen-bond acceptors (Lipinski definition) is 7. The molecule has 0 saturated heterocycles. The van der Waals surface area contributed by atoms with E-state index in [0.717, 1.165) is 55.2 Å². The van der Waals surface area contributed by atoms with Crippen LogP contribution in [0, 0.1) is 0 Å². The van der Waals surface area contributed by atoms with E-state index in [9.17, 15) is 4.79 Å². The molecular weight excluding hydrogens is 432 g/mol. The van der Waals surface area contributed by atoms with Gasteiger partial charge in [-0.05, 0) is 77.1 Å². The second-order valence-electron chi connectivity index (χ2n) is 9.37. The fraction of sp³-hybridized carbons (Fsp3) is 0.609. The maximum absolute atomic E-state index is 12.3. The zero-order valence-electron chi connectivity index (χ0n) is 19.1. The number of rotatable bonds is 4. The van der Waals surface area contributed by atoms with Crippen LogP contribution in [0.3, 0.4) is 0 Å². The van der Waals surface area contributed by atoms with Crippen molar-refractivity contribution in [2.75, 3.05) is 6.61 Å². The molecule has 2 aromatic rings. The second-order valence-corrected chi connectivity index (χ2v) is 9.80. The normalized spacial score (nSPS) is 21.4. The Bertz CT molecular complexity index is 963. The topological polar surface area (TPSA) is 78.7 Å². The van der Waals surface area contributed by atoms with Crippen LogP contribution < -0.4 is 0 Å². The first kappa shape index (κ1) is 23.0. The van der Waals surface area contributed by atoms with Gasteiger partial charge in [0.1, 0.15) is 11.4 Å². The molecule has 0 atom stereocenters. The predicted molar refractivity (Wildman–Crippen MR) is 120 cm³/mol. The molecular formula is C23H31ClN4O4. The maximum atomic E-state index is 12.3. The summed E-state index contributed by atoms with van der Waals surface area (Å²) in [7, 11) is 0. The highest BCUT2D eigenvalue weighted by Gasteiger charge is 2.32. The minimum absolute atomic E-state index is 0.298. The van der Waals surface area contributed by atoms with Crippen molar-refractivity contribution in [3.8, 4) is 5.69 Å². The van der Waals surface area contributed by atoms with Gasteiger partial charge >= 0.3 is 6.16 Å². The molecule has 1 aromatic carbocycles. The van der Waals surface area contributed by atoms with E-state index in [2.05, 4.69) is 14.8 Å². The first-order chi connectivity index (χ1) is 15.2. The average Bonchev–Trinajstić information content (AvgIpc) is 3.04. The van der Waals surface area contributed by atoms with E-state index in [0.29, 0.717) is 30.1 Å². The number of benzene rings is 1. The third kappa shape index (κ3) is 5.24. The minimum Gasteiger partial charge on any atom is -0.427 e. The molecule has 174 valence electrons. The fourth-order valence-electron chi connectivity index (χ4n) is 4.42. The Balaban J connectivity index is 1.62. The smallest absolute Gasteiger partial charge is 0.427 e. The third-order valence-corrected chi connectivity index (χ3v) is 5.97. The molecule has 0 unspecified atom stereocenters. The summed E-state index contributed by atoms with van der Waals surface area (Å²) in [6.45, 7) is 8.86. The van der Waals surface area contributed by atoms with E-state index in [1.807, 2.05) is 25.1 Å². The van der Waals surface area contributed by atoms with Crippen molar-refractivity contribution in [3.63, 3.8) is 0 Å². The molecule has 1 aromatic heterocycles. The van der Waals surface area contributed by atoms with E-state index in [-0.39, 0.29) is 0 Å². The van der Waals surface area contributed by atoms with E-state index in [1.165, 1.54) is 0 Å². The average molecular weight is 463 g/mol. The van der Waals surface area contributed by atoms with E-state index >= 15 is 0 Å². The van der Waals surface area contributed by atoms with Gasteiger partial charge in [0.05, 0.1) is 24.9 Å². The van der Waals surface area contributed by atoms with Gasteiger partial charge in [-0.25, -0.2) is 4.79 Å². The van der Waals surface area contributed by atoms with E-state index in [1.54, 1.807) is 25.8 Å². The number of carbonyl (C=O) groups is 1. The Morgan fingerprint density at radius 3 is 2.59 bits per heavy atom. The molecule has 2 heterocycles. The van der Waals surface area contributed by atoms with Crippen LogP contribution in [0.2, 0.25) is 5.02 Å². The molecule has 8 nitrogen and oxygen atoms in total. The first-order valence-electron chi connectivity index (χ1n) is 11.2. The van der Waals surface area contributed by atoms with Crippen LogP contribution in [0.1, 0.15) is 76.5 Å². The molecule has 0 spiro atoms. The molecule has 0 N–H and O–H groups in total. The molecule has 0 radical (unpaired) electrons. The van der Waals surface area contributed by atoms with Crippen molar-refractivity contribution in [2.45, 2.75) is 84.1 Å². The lowest BCUT2D eigenvalue weighted by Gasteiger charge is -2.28. The lowest BCUT2D eigenvalue weighted by molar-refractivity contribution is -0.155. The summed E-state index contributed by atoms with van der Waals surface area (Å²) in [5.41, 5.74) is 1.26. The van der Waals surface area contributed by atoms with Crippen molar-refractivity contribution in [1.82, 2.24) is 19.8 Å². The van der Waals surface area contributed by atoms with E-state index in [4.69, 9.17) is 25.9 Å². The standard InChI is InChI=1S/C23H31ClN4O4/c1-5-30-18-9-6-15(7-10-18)21-26-25-20-14-27(32-22(29)31-23(2,3)4)13-16-12-17(24)8-11-19(16)28(20)21/h8,11-12,15,18H,5-7,9-10,13-14H2,1-4H3/t15-,18-. The maximum Gasteiger partial charge on any atom is 0.528 e. The SMILES string of the molecule is CCO[C@H]1CC[C@H](c2nnc3n2-c2ccc(Cl)cc2CN(OC(=O)OC(C)(C)C)C3)CC1. The summed E-state index contributed by atoms with van der Waals surface area (Å²) in [5, 5.41) is 11.2. The number of fused-ring (bicyclic) bond motifs is 3. The monoisotopic (exact) mass is 462 g/mol. The molecule has 1 fully saturated rings. The summed E-state index contributed by atoms with van der Waals surface area (Å²) in [6, 6.07) is 5.74. The summed E-state index contributed by atoms with van der Waals surface area (Å²) in [4.78, 5) is 17.8. The van der Waals surface area contributed by atoms with Crippen molar-refractivity contribution >= 4 is 17.8 Å². The summed E-state index contributed by atoms with van der Waals surface area (Å²) >= 11 is 6.30. The molecule has 1 saturated carbocycles. The van der Waals surface area contributed by atoms with Crippen molar-refractivity contribution in [3.05, 3.63) is 40.4 Å². The first-order valence-corrected chi connectivity index (χ1v) is 11.6. The summed E-state index contributed by atoms with van der Waals surface area (Å²) in [5.74, 6) is 1.96. The zero-order chi connectivity index (χ0) is 22.9. The van der Waals surface area contributed by atoms with Gasteiger partial charge in [0, 0.05) is 17.5 Å². The largest absolute Gasteiger partial charge is 0.528 e. The Labute approximate surface area is 193 Å². The lowest BCUT2D eigenvalue weighted by Crippen LogP contribution is -2.31. The third-order valence-electron chi connectivity index (χ3n) is 5.74. The number of hydrogen-bond donors (Lipinski definition) is 0. The van der Waals surface area contributed by atoms with Gasteiger partial charge in [0.15, 0.2) is 5.82 Å². The number of ether oxygens (including phenoxy) is 2. The number of nitrogens with zero attached hydrogens (tertiary/aromatic N) is 4. The molecule has 1 aliphatic heterocycles. The number of halogens is 1. The van der Waals surface area contributed by atoms with Crippen LogP contribution in [-0.2, 0) is 27.4 Å².